The van der Waals surface area contributed by atoms with Crippen molar-refractivity contribution in [2.24, 2.45) is 0 Å². The van der Waals surface area contributed by atoms with E-state index in [-0.39, 0.29) is 10.8 Å². The van der Waals surface area contributed by atoms with Gasteiger partial charge in [-0.05, 0) is 42.7 Å². The third kappa shape index (κ3) is 2.69. The van der Waals surface area contributed by atoms with Crippen molar-refractivity contribution in [2.75, 3.05) is 5.12 Å². The number of hydrogen-bond acceptors (Lipinski definition) is 1. The van der Waals surface area contributed by atoms with Crippen molar-refractivity contribution in [1.29, 1.82) is 0 Å². The molecule has 2 nitrogen and oxygen atoms in total. The fourth-order valence-electron chi connectivity index (χ4n) is 1.53. The largest absolute Gasteiger partial charge is 0.278 e. The van der Waals surface area contributed by atoms with Crippen LogP contribution in [0.3, 0.4) is 0 Å². The first-order chi connectivity index (χ1) is 7.60. The molecule has 1 rings (SSSR count). The Morgan fingerprint density at radius 3 is 2.81 bits per heavy atom. The van der Waals surface area contributed by atoms with Gasteiger partial charge in [0.25, 0.3) is 5.91 Å². The molecular formula is C13H16FNO. The van der Waals surface area contributed by atoms with Crippen LogP contribution in [0, 0.1) is 6.92 Å². The fourth-order valence-corrected chi connectivity index (χ4v) is 1.53. The summed E-state index contributed by atoms with van der Waals surface area (Å²) >= 11 is 0. The van der Waals surface area contributed by atoms with Gasteiger partial charge in [-0.3, -0.25) is 4.79 Å². The Balaban J connectivity index is 3.02. The van der Waals surface area contributed by atoms with Gasteiger partial charge in [-0.25, -0.2) is 0 Å². The maximum atomic E-state index is 13.5. The highest BCUT2D eigenvalue weighted by atomic mass is 19.2. The lowest BCUT2D eigenvalue weighted by Gasteiger charge is -2.12. The number of halogens is 1. The van der Waals surface area contributed by atoms with Gasteiger partial charge < -0.3 is 0 Å². The lowest BCUT2D eigenvalue weighted by molar-refractivity contribution is -0.116. The van der Waals surface area contributed by atoms with E-state index in [0.29, 0.717) is 0 Å². The third-order valence-corrected chi connectivity index (χ3v) is 2.45. The molecule has 0 saturated carbocycles. The lowest BCUT2D eigenvalue weighted by Crippen LogP contribution is -2.19. The maximum Gasteiger partial charge on any atom is 0.278 e. The fraction of sp³-hybridized carbons (Fsp3) is 0.308. The summed E-state index contributed by atoms with van der Waals surface area (Å²) in [6, 6.07) is 5.12. The van der Waals surface area contributed by atoms with Crippen molar-refractivity contribution in [1.82, 2.24) is 0 Å². The van der Waals surface area contributed by atoms with E-state index in [1.165, 1.54) is 0 Å². The van der Waals surface area contributed by atoms with Crippen LogP contribution in [0.25, 0.3) is 0 Å². The highest BCUT2D eigenvalue weighted by Crippen LogP contribution is 2.21. The first kappa shape index (κ1) is 12.4. The first-order valence-corrected chi connectivity index (χ1v) is 5.32. The van der Waals surface area contributed by atoms with Gasteiger partial charge in [0.05, 0.1) is 5.69 Å². The van der Waals surface area contributed by atoms with E-state index in [1.54, 1.807) is 12.1 Å². The highest BCUT2D eigenvalue weighted by Gasteiger charge is 2.12. The van der Waals surface area contributed by atoms with E-state index in [2.05, 4.69) is 13.5 Å². The van der Waals surface area contributed by atoms with Crippen LogP contribution in [0.2, 0.25) is 0 Å². The molecule has 0 saturated heterocycles. The molecule has 0 N–H and O–H groups in total. The predicted octanol–water partition coefficient (Wildman–Crippen LogP) is 3.35. The van der Waals surface area contributed by atoms with Crippen molar-refractivity contribution < 1.29 is 9.28 Å². The molecule has 0 radical (unpaired) electrons. The summed E-state index contributed by atoms with van der Waals surface area (Å²) < 4.78 is 13.5. The quantitative estimate of drug-likeness (QED) is 0.564. The van der Waals surface area contributed by atoms with Gasteiger partial charge in [0.2, 0.25) is 0 Å². The molecule has 0 spiro atoms. The van der Waals surface area contributed by atoms with E-state index in [0.717, 1.165) is 30.0 Å². The normalized spacial score (nSPS) is 9.94. The lowest BCUT2D eigenvalue weighted by atomic mass is 10.0. The van der Waals surface area contributed by atoms with Crippen LogP contribution in [0.4, 0.5) is 10.2 Å². The smallest absolute Gasteiger partial charge is 0.267 e. The molecule has 0 atom stereocenters. The van der Waals surface area contributed by atoms with E-state index in [4.69, 9.17) is 0 Å². The monoisotopic (exact) mass is 221 g/mol. The molecular weight excluding hydrogens is 205 g/mol. The summed E-state index contributed by atoms with van der Waals surface area (Å²) in [7, 11) is 0. The number of amides is 1. The molecule has 0 unspecified atom stereocenters. The van der Waals surface area contributed by atoms with E-state index >= 15 is 0 Å². The van der Waals surface area contributed by atoms with Crippen molar-refractivity contribution in [2.45, 2.75) is 26.7 Å². The van der Waals surface area contributed by atoms with Crippen LogP contribution in [0.5, 0.6) is 0 Å². The molecule has 0 heterocycles. The number of carbonyl (C=O) groups excluding carboxylic acids is 1. The van der Waals surface area contributed by atoms with Gasteiger partial charge >= 0.3 is 0 Å². The molecule has 1 aromatic rings. The first-order valence-electron chi connectivity index (χ1n) is 5.32. The summed E-state index contributed by atoms with van der Waals surface area (Å²) in [5.41, 5.74) is 2.45. The van der Waals surface area contributed by atoms with Crippen molar-refractivity contribution >= 4 is 11.6 Å². The van der Waals surface area contributed by atoms with Crippen LogP contribution in [-0.4, -0.2) is 5.91 Å². The van der Waals surface area contributed by atoms with Gasteiger partial charge in [0.15, 0.2) is 0 Å². The molecule has 3 heteroatoms. The zero-order valence-corrected chi connectivity index (χ0v) is 9.66. The van der Waals surface area contributed by atoms with Crippen LogP contribution >= 0.6 is 0 Å². The molecule has 16 heavy (non-hydrogen) atoms. The Morgan fingerprint density at radius 1 is 1.56 bits per heavy atom. The SMILES string of the molecule is C=CC(=O)N(F)c1ccc(C)c(CCC)c1. The van der Waals surface area contributed by atoms with Crippen LogP contribution < -0.4 is 5.12 Å². The average molecular weight is 221 g/mol. The second-order valence-corrected chi connectivity index (χ2v) is 3.68. The van der Waals surface area contributed by atoms with Crippen LogP contribution in [0.1, 0.15) is 24.5 Å². The van der Waals surface area contributed by atoms with Gasteiger partial charge in [0, 0.05) is 0 Å². The molecule has 1 amide bonds. The molecule has 0 aliphatic carbocycles. The van der Waals surface area contributed by atoms with E-state index in [1.807, 2.05) is 13.0 Å². The maximum absolute atomic E-state index is 13.5. The second kappa shape index (κ2) is 5.45. The molecule has 86 valence electrons. The topological polar surface area (TPSA) is 20.3 Å². The predicted molar refractivity (Wildman–Crippen MR) is 64.0 cm³/mol. The molecule has 0 aromatic heterocycles. The Morgan fingerprint density at radius 2 is 2.25 bits per heavy atom. The van der Waals surface area contributed by atoms with Gasteiger partial charge in [-0.2, -0.15) is 0 Å². The van der Waals surface area contributed by atoms with Gasteiger partial charge in [-0.15, -0.1) is 5.12 Å². The second-order valence-electron chi connectivity index (χ2n) is 3.68. The summed E-state index contributed by atoms with van der Waals surface area (Å²) in [5.74, 6) is -0.744. The van der Waals surface area contributed by atoms with Gasteiger partial charge in [0.1, 0.15) is 0 Å². The number of rotatable bonds is 4. The average Bonchev–Trinajstić information content (AvgIpc) is 2.30. The van der Waals surface area contributed by atoms with Crippen molar-refractivity contribution in [3.8, 4) is 0 Å². The summed E-state index contributed by atoms with van der Waals surface area (Å²) in [6.07, 6.45) is 2.83. The minimum atomic E-state index is -0.744. The minimum Gasteiger partial charge on any atom is -0.267 e. The summed E-state index contributed by atoms with van der Waals surface area (Å²) in [5, 5.41) is 0.117. The van der Waals surface area contributed by atoms with Crippen molar-refractivity contribution in [3.05, 3.63) is 42.0 Å². The van der Waals surface area contributed by atoms with E-state index in [9.17, 15) is 9.28 Å². The Hall–Kier alpha value is -1.64. The molecule has 0 fully saturated rings. The third-order valence-electron chi connectivity index (χ3n) is 2.45. The Labute approximate surface area is 95.3 Å². The summed E-state index contributed by atoms with van der Waals surface area (Å²) in [6.45, 7) is 7.29. The van der Waals surface area contributed by atoms with E-state index < -0.39 is 5.91 Å². The van der Waals surface area contributed by atoms with Crippen LogP contribution in [-0.2, 0) is 11.2 Å². The Bertz CT molecular complexity index is 401. The van der Waals surface area contributed by atoms with Crippen LogP contribution in [0.15, 0.2) is 30.9 Å². The van der Waals surface area contributed by atoms with Gasteiger partial charge in [-0.1, -0.05) is 30.5 Å². The molecule has 0 bridgehead atoms. The number of carbonyl (C=O) groups is 1. The zero-order chi connectivity index (χ0) is 12.1. The molecule has 1 aromatic carbocycles. The number of nitrogens with zero attached hydrogens (tertiary/aromatic N) is 1. The number of aryl methyl sites for hydroxylation is 2. The number of benzene rings is 1. The highest BCUT2D eigenvalue weighted by molar-refractivity contribution is 5.99. The minimum absolute atomic E-state index is 0.117. The number of anilines is 1. The Kier molecular flexibility index (Phi) is 4.23. The molecule has 0 aliphatic rings. The number of hydrogen-bond donors (Lipinski definition) is 0. The van der Waals surface area contributed by atoms with Crippen molar-refractivity contribution in [3.63, 3.8) is 0 Å². The zero-order valence-electron chi connectivity index (χ0n) is 9.66. The summed E-state index contributed by atoms with van der Waals surface area (Å²) in [4.78, 5) is 11.1. The molecule has 0 aliphatic heterocycles. The standard InChI is InChI=1S/C13H16FNO/c1-4-6-11-9-12(8-7-10(11)3)15(14)13(16)5-2/h5,7-9H,2,4,6H2,1,3H3.